The first-order chi connectivity index (χ1) is 11.4. The first-order valence-corrected chi connectivity index (χ1v) is 8.89. The van der Waals surface area contributed by atoms with E-state index in [1.165, 1.54) is 0 Å². The molecule has 1 spiro atoms. The van der Waals surface area contributed by atoms with Crippen LogP contribution in [0.4, 0.5) is 4.79 Å². The smallest absolute Gasteiger partial charge is 0.325 e. The third-order valence-electron chi connectivity index (χ3n) is 4.90. The molecule has 0 aromatic carbocycles. The second kappa shape index (κ2) is 7.96. The molecule has 4 amide bonds. The summed E-state index contributed by atoms with van der Waals surface area (Å²) in [6, 6.07) is -0.452. The number of nitrogens with one attached hydrogen (secondary N) is 2. The van der Waals surface area contributed by atoms with Crippen molar-refractivity contribution in [1.82, 2.24) is 15.5 Å². The van der Waals surface area contributed by atoms with E-state index in [9.17, 15) is 14.4 Å². The van der Waals surface area contributed by atoms with Crippen LogP contribution in [0.2, 0.25) is 0 Å². The van der Waals surface area contributed by atoms with Gasteiger partial charge in [-0.2, -0.15) is 0 Å². The fourth-order valence-electron chi connectivity index (χ4n) is 3.46. The van der Waals surface area contributed by atoms with Crippen LogP contribution < -0.4 is 10.6 Å². The fourth-order valence-corrected chi connectivity index (χ4v) is 3.46. The van der Waals surface area contributed by atoms with Gasteiger partial charge in [0.1, 0.15) is 12.1 Å². The number of carbonyl (C=O) groups excluding carboxylic acids is 3. The van der Waals surface area contributed by atoms with Gasteiger partial charge < -0.3 is 15.4 Å². The van der Waals surface area contributed by atoms with Crippen LogP contribution in [0.5, 0.6) is 0 Å². The number of urea groups is 1. The highest BCUT2D eigenvalue weighted by molar-refractivity contribution is 6.09. The van der Waals surface area contributed by atoms with Crippen LogP contribution in [0.25, 0.3) is 0 Å². The Labute approximate surface area is 143 Å². The molecule has 2 atom stereocenters. The van der Waals surface area contributed by atoms with E-state index in [1.807, 2.05) is 20.8 Å². The molecular weight excluding hydrogens is 310 g/mol. The summed E-state index contributed by atoms with van der Waals surface area (Å²) >= 11 is 0. The number of amides is 4. The molecule has 2 fully saturated rings. The van der Waals surface area contributed by atoms with Crippen molar-refractivity contribution in [2.45, 2.75) is 64.5 Å². The Hall–Kier alpha value is -1.63. The molecule has 1 heterocycles. The van der Waals surface area contributed by atoms with Gasteiger partial charge in [0.15, 0.2) is 0 Å². The van der Waals surface area contributed by atoms with Crippen molar-refractivity contribution in [3.63, 3.8) is 0 Å². The average Bonchev–Trinajstić information content (AvgIpc) is 2.75. The number of hydrogen-bond acceptors (Lipinski definition) is 4. The second-order valence-corrected chi connectivity index (χ2v) is 7.06. The first kappa shape index (κ1) is 18.7. The summed E-state index contributed by atoms with van der Waals surface area (Å²) in [5.74, 6) is -0.467. The van der Waals surface area contributed by atoms with Crippen LogP contribution in [0.15, 0.2) is 0 Å². The van der Waals surface area contributed by atoms with E-state index in [4.69, 9.17) is 4.74 Å². The van der Waals surface area contributed by atoms with Gasteiger partial charge in [0.2, 0.25) is 5.91 Å². The molecule has 2 rings (SSSR count). The average molecular weight is 339 g/mol. The predicted molar refractivity (Wildman–Crippen MR) is 89.3 cm³/mol. The minimum absolute atomic E-state index is 0.101. The molecule has 1 aliphatic carbocycles. The lowest BCUT2D eigenvalue weighted by Crippen LogP contribution is -2.54. The molecule has 1 aliphatic heterocycles. The maximum Gasteiger partial charge on any atom is 0.325 e. The summed E-state index contributed by atoms with van der Waals surface area (Å²) in [6.07, 6.45) is 4.44. The summed E-state index contributed by atoms with van der Waals surface area (Å²) in [5, 5.41) is 5.58. The quantitative estimate of drug-likeness (QED) is 0.542. The Kier molecular flexibility index (Phi) is 6.21. The number of rotatable bonds is 7. The Morgan fingerprint density at radius 3 is 2.83 bits per heavy atom. The minimum Gasteiger partial charge on any atom is -0.379 e. The van der Waals surface area contributed by atoms with Gasteiger partial charge in [-0.3, -0.25) is 14.5 Å². The van der Waals surface area contributed by atoms with Crippen LogP contribution in [0.1, 0.15) is 52.9 Å². The van der Waals surface area contributed by atoms with Crippen molar-refractivity contribution < 1.29 is 19.1 Å². The monoisotopic (exact) mass is 339 g/mol. The third kappa shape index (κ3) is 4.06. The highest BCUT2D eigenvalue weighted by atomic mass is 16.5. The van der Waals surface area contributed by atoms with Crippen molar-refractivity contribution >= 4 is 17.8 Å². The molecule has 24 heavy (non-hydrogen) atoms. The van der Waals surface area contributed by atoms with Crippen molar-refractivity contribution in [3.05, 3.63) is 0 Å². The number of imide groups is 1. The molecule has 7 nitrogen and oxygen atoms in total. The molecular formula is C17H29N3O4. The van der Waals surface area contributed by atoms with E-state index in [1.54, 1.807) is 0 Å². The minimum atomic E-state index is -0.805. The third-order valence-corrected chi connectivity index (χ3v) is 4.90. The fraction of sp³-hybridized carbons (Fsp3) is 0.824. The lowest BCUT2D eigenvalue weighted by molar-refractivity contribution is -0.137. The molecule has 136 valence electrons. The van der Waals surface area contributed by atoms with Gasteiger partial charge in [-0.15, -0.1) is 0 Å². The standard InChI is InChI=1S/C17H29N3O4/c1-12(2)24-10-6-9-18-14(21)11-20-15(22)17(19-16(20)23)8-5-4-7-13(17)3/h12-13H,4-11H2,1-3H3,(H,18,21)(H,19,23)/t13-,17-/m1/s1. The SMILES string of the molecule is CC(C)OCCCNC(=O)CN1C(=O)N[C@@]2(CCCC[C@H]2C)C1=O. The van der Waals surface area contributed by atoms with Gasteiger partial charge in [0.25, 0.3) is 5.91 Å². The lowest BCUT2D eigenvalue weighted by Gasteiger charge is -2.36. The van der Waals surface area contributed by atoms with Crippen LogP contribution in [-0.4, -0.2) is 54.1 Å². The zero-order valence-corrected chi connectivity index (χ0v) is 14.9. The van der Waals surface area contributed by atoms with Gasteiger partial charge in [0.05, 0.1) is 6.10 Å². The zero-order valence-electron chi connectivity index (χ0n) is 14.9. The van der Waals surface area contributed by atoms with E-state index < -0.39 is 11.6 Å². The summed E-state index contributed by atoms with van der Waals surface area (Å²) in [7, 11) is 0. The summed E-state index contributed by atoms with van der Waals surface area (Å²) < 4.78 is 5.40. The number of nitrogens with zero attached hydrogens (tertiary/aromatic N) is 1. The molecule has 0 bridgehead atoms. The van der Waals surface area contributed by atoms with E-state index in [0.29, 0.717) is 26.0 Å². The molecule has 0 radical (unpaired) electrons. The van der Waals surface area contributed by atoms with Crippen LogP contribution in [0, 0.1) is 5.92 Å². The molecule has 1 saturated heterocycles. The Morgan fingerprint density at radius 2 is 2.17 bits per heavy atom. The molecule has 0 aromatic heterocycles. The lowest BCUT2D eigenvalue weighted by atomic mass is 9.73. The summed E-state index contributed by atoms with van der Waals surface area (Å²) in [5.41, 5.74) is -0.805. The Balaban J connectivity index is 1.83. The molecule has 2 N–H and O–H groups in total. The summed E-state index contributed by atoms with van der Waals surface area (Å²) in [4.78, 5) is 38.0. The van der Waals surface area contributed by atoms with Crippen molar-refractivity contribution in [3.8, 4) is 0 Å². The van der Waals surface area contributed by atoms with Crippen molar-refractivity contribution in [2.75, 3.05) is 19.7 Å². The molecule has 0 unspecified atom stereocenters. The second-order valence-electron chi connectivity index (χ2n) is 7.06. The molecule has 7 heteroatoms. The Bertz CT molecular complexity index is 494. The normalized spacial score (nSPS) is 27.0. The highest BCUT2D eigenvalue weighted by Crippen LogP contribution is 2.38. The van der Waals surface area contributed by atoms with Crippen LogP contribution in [-0.2, 0) is 14.3 Å². The largest absolute Gasteiger partial charge is 0.379 e. The molecule has 1 saturated carbocycles. The van der Waals surface area contributed by atoms with E-state index in [-0.39, 0.29) is 30.4 Å². The topological polar surface area (TPSA) is 87.7 Å². The maximum atomic E-state index is 12.7. The molecule has 2 aliphatic rings. The zero-order chi connectivity index (χ0) is 17.7. The van der Waals surface area contributed by atoms with Crippen molar-refractivity contribution in [2.24, 2.45) is 5.92 Å². The number of carbonyl (C=O) groups is 3. The first-order valence-electron chi connectivity index (χ1n) is 8.89. The van der Waals surface area contributed by atoms with Gasteiger partial charge in [-0.1, -0.05) is 19.8 Å². The van der Waals surface area contributed by atoms with E-state index in [0.717, 1.165) is 24.2 Å². The maximum absolute atomic E-state index is 12.7. The molecule has 0 aromatic rings. The van der Waals surface area contributed by atoms with Gasteiger partial charge in [-0.05, 0) is 39.0 Å². The number of ether oxygens (including phenoxy) is 1. The summed E-state index contributed by atoms with van der Waals surface area (Å²) in [6.45, 7) is 6.73. The van der Waals surface area contributed by atoms with Gasteiger partial charge >= 0.3 is 6.03 Å². The van der Waals surface area contributed by atoms with Gasteiger partial charge in [-0.25, -0.2) is 4.79 Å². The number of hydrogen-bond donors (Lipinski definition) is 2. The van der Waals surface area contributed by atoms with E-state index >= 15 is 0 Å². The van der Waals surface area contributed by atoms with Crippen LogP contribution in [0.3, 0.4) is 0 Å². The highest BCUT2D eigenvalue weighted by Gasteiger charge is 2.55. The van der Waals surface area contributed by atoms with Crippen molar-refractivity contribution in [1.29, 1.82) is 0 Å². The predicted octanol–water partition coefficient (Wildman–Crippen LogP) is 1.42. The Morgan fingerprint density at radius 1 is 1.42 bits per heavy atom. The van der Waals surface area contributed by atoms with E-state index in [2.05, 4.69) is 10.6 Å². The van der Waals surface area contributed by atoms with Crippen LogP contribution >= 0.6 is 0 Å². The van der Waals surface area contributed by atoms with Gasteiger partial charge in [0, 0.05) is 13.2 Å².